The van der Waals surface area contributed by atoms with E-state index in [2.05, 4.69) is 11.8 Å². The minimum atomic E-state index is -3.05. The van der Waals surface area contributed by atoms with Crippen LogP contribution in [0.2, 0.25) is 0 Å². The van der Waals surface area contributed by atoms with Gasteiger partial charge in [-0.3, -0.25) is 0 Å². The van der Waals surface area contributed by atoms with Gasteiger partial charge in [0, 0.05) is 19.1 Å². The molecule has 5 heteroatoms. The fourth-order valence-electron chi connectivity index (χ4n) is 3.15. The molecule has 21 heavy (non-hydrogen) atoms. The molecule has 0 bridgehead atoms. The molecule has 126 valence electrons. The van der Waals surface area contributed by atoms with E-state index in [1.807, 2.05) is 13.8 Å². The van der Waals surface area contributed by atoms with Crippen molar-refractivity contribution in [1.29, 1.82) is 0 Å². The van der Waals surface area contributed by atoms with Gasteiger partial charge in [0.15, 0.2) is 0 Å². The second-order valence-corrected chi connectivity index (χ2v) is 8.93. The molecule has 2 aliphatic heterocycles. The molecular formula is C16H34N2O2S. The first kappa shape index (κ1) is 18.9. The van der Waals surface area contributed by atoms with Gasteiger partial charge in [-0.2, -0.15) is 0 Å². The van der Waals surface area contributed by atoms with Crippen molar-refractivity contribution in [3.63, 3.8) is 0 Å². The zero-order valence-corrected chi connectivity index (χ0v) is 15.3. The van der Waals surface area contributed by atoms with E-state index in [4.69, 9.17) is 0 Å². The Morgan fingerprint density at radius 2 is 1.38 bits per heavy atom. The van der Waals surface area contributed by atoms with E-state index in [9.17, 15) is 8.42 Å². The molecule has 0 atom stereocenters. The van der Waals surface area contributed by atoms with Gasteiger partial charge in [-0.05, 0) is 58.5 Å². The number of piperidine rings is 2. The largest absolute Gasteiger partial charge is 0.300 e. The summed E-state index contributed by atoms with van der Waals surface area (Å²) in [7, 11) is -3.05. The number of nitrogens with zero attached hydrogens (tertiary/aromatic N) is 2. The van der Waals surface area contributed by atoms with Crippen molar-refractivity contribution >= 4 is 10.0 Å². The van der Waals surface area contributed by atoms with Crippen LogP contribution >= 0.6 is 0 Å². The SMILES string of the molecule is CC.CC1CCN(C2CCN(S(=O)(=O)C(C)C)CC2)CC1. The predicted octanol–water partition coefficient (Wildman–Crippen LogP) is 2.95. The van der Waals surface area contributed by atoms with Crippen LogP contribution in [0.15, 0.2) is 0 Å². The lowest BCUT2D eigenvalue weighted by atomic mass is 9.95. The first-order chi connectivity index (χ1) is 9.91. The summed E-state index contributed by atoms with van der Waals surface area (Å²) in [6.45, 7) is 13.7. The second-order valence-electron chi connectivity index (χ2n) is 6.44. The summed E-state index contributed by atoms with van der Waals surface area (Å²) >= 11 is 0. The summed E-state index contributed by atoms with van der Waals surface area (Å²) in [5.74, 6) is 0.859. The molecule has 2 saturated heterocycles. The summed E-state index contributed by atoms with van der Waals surface area (Å²) in [4.78, 5) is 2.58. The van der Waals surface area contributed by atoms with Crippen LogP contribution in [-0.2, 0) is 10.0 Å². The van der Waals surface area contributed by atoms with Crippen LogP contribution in [0.25, 0.3) is 0 Å². The molecule has 0 amide bonds. The summed E-state index contributed by atoms with van der Waals surface area (Å²) in [5, 5.41) is -0.292. The molecule has 4 nitrogen and oxygen atoms in total. The monoisotopic (exact) mass is 318 g/mol. The standard InChI is InChI=1S/C14H28N2O2S.C2H6/c1-12(2)19(17,18)16-10-6-14(7-11-16)15-8-4-13(3)5-9-15;1-2/h12-14H,4-11H2,1-3H3;1-2H3. The average molecular weight is 319 g/mol. The minimum absolute atomic E-state index is 0.292. The van der Waals surface area contributed by atoms with Crippen molar-refractivity contribution < 1.29 is 8.42 Å². The zero-order valence-electron chi connectivity index (χ0n) is 14.5. The number of sulfonamides is 1. The van der Waals surface area contributed by atoms with Crippen molar-refractivity contribution in [2.75, 3.05) is 26.2 Å². The van der Waals surface area contributed by atoms with Gasteiger partial charge in [0.2, 0.25) is 10.0 Å². The zero-order chi connectivity index (χ0) is 16.0. The van der Waals surface area contributed by atoms with Gasteiger partial charge in [-0.25, -0.2) is 12.7 Å². The molecule has 0 aromatic carbocycles. The highest BCUT2D eigenvalue weighted by atomic mass is 32.2. The summed E-state index contributed by atoms with van der Waals surface area (Å²) < 4.78 is 25.9. The fourth-order valence-corrected chi connectivity index (χ4v) is 4.47. The molecule has 0 saturated carbocycles. The summed E-state index contributed by atoms with van der Waals surface area (Å²) in [5.41, 5.74) is 0. The molecule has 0 aromatic heterocycles. The summed E-state index contributed by atoms with van der Waals surface area (Å²) in [6.07, 6.45) is 4.59. The van der Waals surface area contributed by atoms with E-state index in [0.717, 1.165) is 18.8 Å². The molecule has 0 aromatic rings. The maximum atomic E-state index is 12.1. The van der Waals surface area contributed by atoms with Crippen LogP contribution < -0.4 is 0 Å². The molecule has 0 N–H and O–H groups in total. The first-order valence-electron chi connectivity index (χ1n) is 8.64. The Morgan fingerprint density at radius 3 is 1.81 bits per heavy atom. The fraction of sp³-hybridized carbons (Fsp3) is 1.00. The third-order valence-corrected chi connectivity index (χ3v) is 6.99. The number of rotatable bonds is 3. The maximum Gasteiger partial charge on any atom is 0.216 e. The summed E-state index contributed by atoms with van der Waals surface area (Å²) in [6, 6.07) is 0.603. The van der Waals surface area contributed by atoms with Gasteiger partial charge < -0.3 is 4.90 Å². The molecule has 0 aliphatic carbocycles. The Kier molecular flexibility index (Phi) is 7.65. The van der Waals surface area contributed by atoms with Crippen LogP contribution in [0.1, 0.15) is 60.3 Å². The lowest BCUT2D eigenvalue weighted by Gasteiger charge is -2.41. The van der Waals surface area contributed by atoms with Crippen LogP contribution in [0.3, 0.4) is 0 Å². The van der Waals surface area contributed by atoms with Gasteiger partial charge >= 0.3 is 0 Å². The Labute approximate surface area is 131 Å². The van der Waals surface area contributed by atoms with Crippen LogP contribution in [0.4, 0.5) is 0 Å². The highest BCUT2D eigenvalue weighted by Crippen LogP contribution is 2.25. The normalized spacial score (nSPS) is 23.9. The predicted molar refractivity (Wildman–Crippen MR) is 90.0 cm³/mol. The van der Waals surface area contributed by atoms with E-state index in [1.54, 1.807) is 18.2 Å². The van der Waals surface area contributed by atoms with Crippen molar-refractivity contribution in [3.8, 4) is 0 Å². The topological polar surface area (TPSA) is 40.6 Å². The molecular weight excluding hydrogens is 284 g/mol. The van der Waals surface area contributed by atoms with E-state index in [0.29, 0.717) is 19.1 Å². The van der Waals surface area contributed by atoms with Crippen molar-refractivity contribution in [2.45, 2.75) is 71.6 Å². The molecule has 2 fully saturated rings. The van der Waals surface area contributed by atoms with Gasteiger partial charge in [0.1, 0.15) is 0 Å². The Bertz CT molecular complexity index is 379. The van der Waals surface area contributed by atoms with E-state index in [-0.39, 0.29) is 5.25 Å². The first-order valence-corrected chi connectivity index (χ1v) is 10.1. The highest BCUT2D eigenvalue weighted by Gasteiger charge is 2.32. The molecule has 0 radical (unpaired) electrons. The molecule has 2 rings (SSSR count). The lowest BCUT2D eigenvalue weighted by molar-refractivity contribution is 0.101. The third-order valence-electron chi connectivity index (χ3n) is 4.71. The highest BCUT2D eigenvalue weighted by molar-refractivity contribution is 7.89. The van der Waals surface area contributed by atoms with Crippen LogP contribution in [-0.4, -0.2) is 55.1 Å². The second kappa shape index (κ2) is 8.49. The smallest absolute Gasteiger partial charge is 0.216 e. The third kappa shape index (κ3) is 4.93. The van der Waals surface area contributed by atoms with E-state index < -0.39 is 10.0 Å². The number of likely N-dealkylation sites (tertiary alicyclic amines) is 1. The van der Waals surface area contributed by atoms with Crippen molar-refractivity contribution in [3.05, 3.63) is 0 Å². The maximum absolute atomic E-state index is 12.1. The van der Waals surface area contributed by atoms with Crippen molar-refractivity contribution in [1.82, 2.24) is 9.21 Å². The molecule has 0 unspecified atom stereocenters. The Balaban J connectivity index is 0.00000106. The molecule has 2 aliphatic rings. The van der Waals surface area contributed by atoms with E-state index in [1.165, 1.54) is 25.9 Å². The molecule has 0 spiro atoms. The lowest BCUT2D eigenvalue weighted by Crippen LogP contribution is -2.49. The van der Waals surface area contributed by atoms with E-state index >= 15 is 0 Å². The van der Waals surface area contributed by atoms with Crippen LogP contribution in [0, 0.1) is 5.92 Å². The number of hydrogen-bond donors (Lipinski definition) is 0. The van der Waals surface area contributed by atoms with Crippen molar-refractivity contribution in [2.24, 2.45) is 5.92 Å². The quantitative estimate of drug-likeness (QED) is 0.803. The van der Waals surface area contributed by atoms with Crippen LogP contribution in [0.5, 0.6) is 0 Å². The average Bonchev–Trinajstić information content (AvgIpc) is 2.50. The number of hydrogen-bond acceptors (Lipinski definition) is 3. The minimum Gasteiger partial charge on any atom is -0.300 e. The van der Waals surface area contributed by atoms with Gasteiger partial charge in [-0.1, -0.05) is 20.8 Å². The van der Waals surface area contributed by atoms with Gasteiger partial charge in [0.05, 0.1) is 5.25 Å². The van der Waals surface area contributed by atoms with Gasteiger partial charge in [0.25, 0.3) is 0 Å². The Morgan fingerprint density at radius 1 is 0.905 bits per heavy atom. The molecule has 2 heterocycles. The van der Waals surface area contributed by atoms with Gasteiger partial charge in [-0.15, -0.1) is 0 Å². The Hall–Kier alpha value is -0.130.